The van der Waals surface area contributed by atoms with E-state index in [9.17, 15) is 18.0 Å². The molecule has 2 rings (SSSR count). The van der Waals surface area contributed by atoms with Gasteiger partial charge in [0.15, 0.2) is 0 Å². The number of primary sulfonamides is 1. The van der Waals surface area contributed by atoms with Crippen molar-refractivity contribution in [1.82, 2.24) is 0 Å². The number of ether oxygens (including phenoxy) is 2. The van der Waals surface area contributed by atoms with Crippen LogP contribution < -0.4 is 14.8 Å². The van der Waals surface area contributed by atoms with Crippen LogP contribution in [0.2, 0.25) is 0 Å². The topological polar surface area (TPSA) is 116 Å². The molecule has 1 aromatic rings. The predicted molar refractivity (Wildman–Crippen MR) is 82.8 cm³/mol. The minimum Gasteiger partial charge on any atom is -0.497 e. The SMILES string of the molecule is COC(=O)c1ccc(OC)cc1N1CC(CS(N)(=O)=O)CC1=O. The van der Waals surface area contributed by atoms with Crippen LogP contribution in [0.4, 0.5) is 5.69 Å². The third-order valence-electron chi connectivity index (χ3n) is 3.57. The van der Waals surface area contributed by atoms with Gasteiger partial charge in [-0.15, -0.1) is 0 Å². The van der Waals surface area contributed by atoms with Crippen molar-refractivity contribution in [1.29, 1.82) is 0 Å². The first-order chi connectivity index (χ1) is 10.7. The van der Waals surface area contributed by atoms with Crippen LogP contribution in [0.3, 0.4) is 0 Å². The zero-order chi connectivity index (χ0) is 17.2. The fourth-order valence-corrected chi connectivity index (χ4v) is 3.48. The van der Waals surface area contributed by atoms with Crippen molar-refractivity contribution in [3.8, 4) is 5.75 Å². The Kier molecular flexibility index (Phi) is 4.90. The molecule has 1 atom stereocenters. The fraction of sp³-hybridized carbons (Fsp3) is 0.429. The molecule has 0 radical (unpaired) electrons. The molecule has 1 aromatic carbocycles. The van der Waals surface area contributed by atoms with Gasteiger partial charge in [-0.3, -0.25) is 4.79 Å². The van der Waals surface area contributed by atoms with E-state index in [1.807, 2.05) is 0 Å². The van der Waals surface area contributed by atoms with Crippen molar-refractivity contribution in [3.05, 3.63) is 23.8 Å². The highest BCUT2D eigenvalue weighted by Crippen LogP contribution is 2.32. The number of nitrogens with two attached hydrogens (primary N) is 1. The Balaban J connectivity index is 2.36. The Bertz CT molecular complexity index is 731. The van der Waals surface area contributed by atoms with E-state index in [-0.39, 0.29) is 30.2 Å². The van der Waals surface area contributed by atoms with Crippen molar-refractivity contribution in [2.75, 3.05) is 31.4 Å². The van der Waals surface area contributed by atoms with E-state index in [1.165, 1.54) is 25.2 Å². The zero-order valence-electron chi connectivity index (χ0n) is 12.8. The van der Waals surface area contributed by atoms with Crippen molar-refractivity contribution < 1.29 is 27.5 Å². The van der Waals surface area contributed by atoms with E-state index in [1.54, 1.807) is 12.1 Å². The molecule has 1 heterocycles. The summed E-state index contributed by atoms with van der Waals surface area (Å²) in [5.41, 5.74) is 0.538. The molecule has 1 saturated heterocycles. The summed E-state index contributed by atoms with van der Waals surface area (Å²) in [6.45, 7) is 0.159. The molecule has 0 aromatic heterocycles. The minimum atomic E-state index is -3.68. The Morgan fingerprint density at radius 2 is 2.09 bits per heavy atom. The maximum absolute atomic E-state index is 12.2. The molecule has 0 spiro atoms. The largest absolute Gasteiger partial charge is 0.497 e. The molecular weight excluding hydrogens is 324 g/mol. The van der Waals surface area contributed by atoms with Gasteiger partial charge in [-0.2, -0.15) is 0 Å². The van der Waals surface area contributed by atoms with Crippen LogP contribution in [-0.2, 0) is 19.6 Å². The van der Waals surface area contributed by atoms with Crippen LogP contribution in [0.5, 0.6) is 5.75 Å². The molecule has 0 saturated carbocycles. The number of nitrogens with zero attached hydrogens (tertiary/aromatic N) is 1. The Labute approximate surface area is 134 Å². The quantitative estimate of drug-likeness (QED) is 0.760. The maximum atomic E-state index is 12.2. The van der Waals surface area contributed by atoms with Gasteiger partial charge in [0.2, 0.25) is 15.9 Å². The summed E-state index contributed by atoms with van der Waals surface area (Å²) in [6.07, 6.45) is 0.0499. The molecule has 126 valence electrons. The van der Waals surface area contributed by atoms with Gasteiger partial charge in [0.1, 0.15) is 5.75 Å². The second-order valence-electron chi connectivity index (χ2n) is 5.28. The Morgan fingerprint density at radius 3 is 2.65 bits per heavy atom. The van der Waals surface area contributed by atoms with Crippen LogP contribution in [0, 0.1) is 5.92 Å². The lowest BCUT2D eigenvalue weighted by Gasteiger charge is -2.20. The number of hydrogen-bond acceptors (Lipinski definition) is 6. The van der Waals surface area contributed by atoms with Gasteiger partial charge in [-0.25, -0.2) is 18.4 Å². The van der Waals surface area contributed by atoms with Crippen molar-refractivity contribution in [3.63, 3.8) is 0 Å². The van der Waals surface area contributed by atoms with Crippen LogP contribution in [0.15, 0.2) is 18.2 Å². The number of hydrogen-bond donors (Lipinski definition) is 1. The second-order valence-corrected chi connectivity index (χ2v) is 6.94. The van der Waals surface area contributed by atoms with Gasteiger partial charge in [0, 0.05) is 24.9 Å². The van der Waals surface area contributed by atoms with Gasteiger partial charge >= 0.3 is 5.97 Å². The lowest BCUT2D eigenvalue weighted by atomic mass is 10.1. The van der Waals surface area contributed by atoms with E-state index < -0.39 is 21.9 Å². The first kappa shape index (κ1) is 17.2. The number of carbonyl (C=O) groups excluding carboxylic acids is 2. The molecule has 0 bridgehead atoms. The average Bonchev–Trinajstić information content (AvgIpc) is 2.84. The van der Waals surface area contributed by atoms with Crippen LogP contribution >= 0.6 is 0 Å². The molecular formula is C14H18N2O6S. The van der Waals surface area contributed by atoms with E-state index in [0.717, 1.165) is 0 Å². The molecule has 1 aliphatic heterocycles. The summed E-state index contributed by atoms with van der Waals surface area (Å²) in [5.74, 6) is -1.11. The first-order valence-corrected chi connectivity index (χ1v) is 8.54. The van der Waals surface area contributed by atoms with Crippen molar-refractivity contribution in [2.45, 2.75) is 6.42 Å². The van der Waals surface area contributed by atoms with Gasteiger partial charge in [0.25, 0.3) is 0 Å². The van der Waals surface area contributed by atoms with E-state index in [0.29, 0.717) is 11.4 Å². The van der Waals surface area contributed by atoms with Crippen molar-refractivity contribution in [2.24, 2.45) is 11.1 Å². The molecule has 0 aliphatic carbocycles. The standard InChI is InChI=1S/C14H18N2O6S/c1-21-10-3-4-11(14(18)22-2)12(6-10)16-7-9(5-13(16)17)8-23(15,19)20/h3-4,6,9H,5,7-8H2,1-2H3,(H2,15,19,20). The lowest BCUT2D eigenvalue weighted by Crippen LogP contribution is -2.28. The van der Waals surface area contributed by atoms with E-state index in [4.69, 9.17) is 14.6 Å². The molecule has 9 heteroatoms. The molecule has 1 aliphatic rings. The monoisotopic (exact) mass is 342 g/mol. The van der Waals surface area contributed by atoms with Crippen LogP contribution in [0.25, 0.3) is 0 Å². The molecule has 8 nitrogen and oxygen atoms in total. The van der Waals surface area contributed by atoms with Crippen molar-refractivity contribution >= 4 is 27.6 Å². The predicted octanol–water partition coefficient (Wildman–Crippen LogP) is 0.123. The highest BCUT2D eigenvalue weighted by Gasteiger charge is 2.35. The molecule has 2 N–H and O–H groups in total. The summed E-state index contributed by atoms with van der Waals surface area (Å²) < 4.78 is 32.3. The number of rotatable bonds is 5. The molecule has 1 fully saturated rings. The summed E-state index contributed by atoms with van der Waals surface area (Å²) in [7, 11) is -0.969. The number of anilines is 1. The molecule has 1 amide bonds. The number of methoxy groups -OCH3 is 2. The maximum Gasteiger partial charge on any atom is 0.339 e. The normalized spacial score (nSPS) is 18.1. The van der Waals surface area contributed by atoms with Crippen LogP contribution in [0.1, 0.15) is 16.8 Å². The molecule has 1 unspecified atom stereocenters. The third kappa shape index (κ3) is 3.99. The van der Waals surface area contributed by atoms with Crippen LogP contribution in [-0.4, -0.2) is 46.8 Å². The first-order valence-electron chi connectivity index (χ1n) is 6.82. The van der Waals surface area contributed by atoms with E-state index >= 15 is 0 Å². The number of esters is 1. The highest BCUT2D eigenvalue weighted by atomic mass is 32.2. The number of amides is 1. The van der Waals surface area contributed by atoms with E-state index in [2.05, 4.69) is 0 Å². The van der Waals surface area contributed by atoms with Gasteiger partial charge in [-0.1, -0.05) is 0 Å². The summed E-state index contributed by atoms with van der Waals surface area (Å²) in [5, 5.41) is 5.04. The van der Waals surface area contributed by atoms with Gasteiger partial charge in [0.05, 0.1) is 31.2 Å². The number of benzene rings is 1. The summed E-state index contributed by atoms with van der Waals surface area (Å²) in [4.78, 5) is 25.5. The second kappa shape index (κ2) is 6.55. The Hall–Kier alpha value is -2.13. The van der Waals surface area contributed by atoms with Gasteiger partial charge in [-0.05, 0) is 12.1 Å². The molecule has 23 heavy (non-hydrogen) atoms. The lowest BCUT2D eigenvalue weighted by molar-refractivity contribution is -0.117. The minimum absolute atomic E-state index is 0.0499. The number of carbonyl (C=O) groups is 2. The zero-order valence-corrected chi connectivity index (χ0v) is 13.6. The van der Waals surface area contributed by atoms with Gasteiger partial charge < -0.3 is 14.4 Å². The smallest absolute Gasteiger partial charge is 0.339 e. The Morgan fingerprint density at radius 1 is 1.39 bits per heavy atom. The third-order valence-corrected chi connectivity index (χ3v) is 4.51. The number of sulfonamides is 1. The average molecular weight is 342 g/mol. The highest BCUT2D eigenvalue weighted by molar-refractivity contribution is 7.89. The summed E-state index contributed by atoms with van der Waals surface area (Å²) in [6, 6.07) is 4.63. The summed E-state index contributed by atoms with van der Waals surface area (Å²) >= 11 is 0. The fourth-order valence-electron chi connectivity index (χ4n) is 2.60.